The lowest BCUT2D eigenvalue weighted by atomic mass is 9.33. The normalized spacial score (nSPS) is 12.4. The number of hydrogen-bond donors (Lipinski definition) is 0. The number of hydrogen-bond acceptors (Lipinski definition) is 2. The van der Waals surface area contributed by atoms with Crippen LogP contribution < -0.4 is 26.2 Å². The van der Waals surface area contributed by atoms with Gasteiger partial charge in [0.2, 0.25) is 0 Å². The van der Waals surface area contributed by atoms with Crippen LogP contribution in [0, 0.1) is 0 Å². The van der Waals surface area contributed by atoms with Crippen LogP contribution in [-0.4, -0.2) is 11.3 Å². The van der Waals surface area contributed by atoms with Gasteiger partial charge in [-0.2, -0.15) is 0 Å². The Morgan fingerprint density at radius 2 is 0.632 bits per heavy atom. The number of benzene rings is 12. The molecule has 76 heavy (non-hydrogen) atoms. The lowest BCUT2D eigenvalue weighted by Gasteiger charge is -2.44. The Labute approximate surface area is 443 Å². The quantitative estimate of drug-likeness (QED) is 0.141. The number of aromatic nitrogens is 1. The number of anilines is 6. The zero-order chi connectivity index (χ0) is 50.1. The highest BCUT2D eigenvalue weighted by atomic mass is 15.2. The van der Waals surface area contributed by atoms with Gasteiger partial charge in [0.05, 0.1) is 11.0 Å². The van der Waals surface area contributed by atoms with Crippen LogP contribution in [0.15, 0.2) is 291 Å². The Morgan fingerprint density at radius 3 is 1.12 bits per heavy atom. The Morgan fingerprint density at radius 1 is 0.250 bits per heavy atom. The summed E-state index contributed by atoms with van der Waals surface area (Å²) in [5.74, 6) is 0. The van der Waals surface area contributed by atoms with Gasteiger partial charge >= 0.3 is 0 Å². The van der Waals surface area contributed by atoms with Crippen LogP contribution in [0.3, 0.4) is 0 Å². The van der Waals surface area contributed by atoms with E-state index in [1.807, 2.05) is 0 Å². The van der Waals surface area contributed by atoms with Crippen molar-refractivity contribution in [1.29, 1.82) is 0 Å². The van der Waals surface area contributed by atoms with Gasteiger partial charge in [0.1, 0.15) is 0 Å². The lowest BCUT2D eigenvalue weighted by Crippen LogP contribution is -2.61. The summed E-state index contributed by atoms with van der Waals surface area (Å²) in [5, 5.41) is 2.45. The summed E-state index contributed by atoms with van der Waals surface area (Å²) in [7, 11) is 0. The highest BCUT2D eigenvalue weighted by Gasteiger charge is 2.44. The van der Waals surface area contributed by atoms with Crippen molar-refractivity contribution in [3.05, 3.63) is 291 Å². The standard InChI is InChI=1S/C72H48BN3/c1-6-19-49(20-7-1)53-33-39-59(40-34-53)74-67-45-55(51-23-10-3-11-24-51)37-43-64(67)73-65-44-38-56(52-25-12-4-13-26-52)46-68(65)75(60-41-35-54(36-42-60)50-21-8-2-9-22-50)70-48-57(47-69(74)71(70)73)61-30-18-31-63-62-29-16-17-32-66(62)76(72(61)63)58-27-14-5-15-28-58/h1-48H. The predicted molar refractivity (Wildman–Crippen MR) is 322 cm³/mol. The second-order valence-electron chi connectivity index (χ2n) is 20.0. The van der Waals surface area contributed by atoms with Crippen LogP contribution in [0.2, 0.25) is 0 Å². The number of fused-ring (bicyclic) bond motifs is 7. The van der Waals surface area contributed by atoms with Gasteiger partial charge in [0.15, 0.2) is 0 Å². The third-order valence-corrected chi connectivity index (χ3v) is 15.8. The van der Waals surface area contributed by atoms with Crippen molar-refractivity contribution in [2.24, 2.45) is 0 Å². The fraction of sp³-hybridized carbons (Fsp3) is 0. The second-order valence-corrected chi connectivity index (χ2v) is 20.0. The Kier molecular flexibility index (Phi) is 10.3. The summed E-state index contributed by atoms with van der Waals surface area (Å²) in [6, 6.07) is 107. The van der Waals surface area contributed by atoms with Gasteiger partial charge in [-0.15, -0.1) is 0 Å². The maximum absolute atomic E-state index is 2.56. The van der Waals surface area contributed by atoms with Crippen molar-refractivity contribution < 1.29 is 0 Å². The molecular formula is C72H48BN3. The molecule has 3 heterocycles. The first-order valence-corrected chi connectivity index (χ1v) is 26.3. The molecule has 0 atom stereocenters. The van der Waals surface area contributed by atoms with Crippen molar-refractivity contribution in [2.45, 2.75) is 0 Å². The molecular weight excluding hydrogens is 918 g/mol. The molecule has 0 saturated carbocycles. The smallest absolute Gasteiger partial charge is 0.252 e. The van der Waals surface area contributed by atoms with Crippen LogP contribution in [0.1, 0.15) is 0 Å². The van der Waals surface area contributed by atoms with Gasteiger partial charge in [-0.25, -0.2) is 0 Å². The van der Waals surface area contributed by atoms with Crippen LogP contribution in [0.25, 0.3) is 83.1 Å². The molecule has 12 aromatic carbocycles. The average molecular weight is 966 g/mol. The summed E-state index contributed by atoms with van der Waals surface area (Å²) in [6.07, 6.45) is 0. The minimum absolute atomic E-state index is 0.0788. The second kappa shape index (κ2) is 17.9. The van der Waals surface area contributed by atoms with E-state index in [1.165, 1.54) is 99.6 Å². The third-order valence-electron chi connectivity index (χ3n) is 15.8. The van der Waals surface area contributed by atoms with E-state index >= 15 is 0 Å². The Bertz CT molecular complexity index is 4110. The summed E-state index contributed by atoms with van der Waals surface area (Å²) in [6.45, 7) is -0.0788. The van der Waals surface area contributed by atoms with Crippen molar-refractivity contribution in [2.75, 3.05) is 9.80 Å². The fourth-order valence-electron chi connectivity index (χ4n) is 12.3. The summed E-state index contributed by atoms with van der Waals surface area (Å²) >= 11 is 0. The Hall–Kier alpha value is -9.90. The highest BCUT2D eigenvalue weighted by molar-refractivity contribution is 7.00. The van der Waals surface area contributed by atoms with E-state index in [-0.39, 0.29) is 6.71 Å². The van der Waals surface area contributed by atoms with Crippen LogP contribution in [0.5, 0.6) is 0 Å². The molecule has 0 aliphatic carbocycles. The molecule has 2 aliphatic rings. The molecule has 0 N–H and O–H groups in total. The van der Waals surface area contributed by atoms with E-state index in [0.717, 1.165) is 34.0 Å². The SMILES string of the molecule is c1ccc(-c2ccc(N3c4cc(-c5ccccc5)ccc4B4c5ccc(-c6ccccc6)cc5N(c5ccc(-c6ccccc6)cc5)c5cc(-c6cccc7c8ccccc8n(-c8ccccc8)c67)cc3c54)cc2)cc1. The van der Waals surface area contributed by atoms with Crippen molar-refractivity contribution in [1.82, 2.24) is 4.57 Å². The predicted octanol–water partition coefficient (Wildman–Crippen LogP) is 17.2. The van der Waals surface area contributed by atoms with Crippen LogP contribution >= 0.6 is 0 Å². The molecule has 3 nitrogen and oxygen atoms in total. The number of rotatable bonds is 8. The van der Waals surface area contributed by atoms with Crippen molar-refractivity contribution >= 4 is 79.0 Å². The van der Waals surface area contributed by atoms with Gasteiger partial charge in [0, 0.05) is 56.1 Å². The molecule has 0 amide bonds. The maximum atomic E-state index is 2.56. The molecule has 0 fully saturated rings. The number of nitrogens with zero attached hydrogens (tertiary/aromatic N) is 3. The highest BCUT2D eigenvalue weighted by Crippen LogP contribution is 2.49. The van der Waals surface area contributed by atoms with Crippen molar-refractivity contribution in [3.8, 4) is 61.3 Å². The van der Waals surface area contributed by atoms with E-state index in [0.29, 0.717) is 0 Å². The van der Waals surface area contributed by atoms with Crippen LogP contribution in [0.4, 0.5) is 34.1 Å². The largest absolute Gasteiger partial charge is 0.311 e. The van der Waals surface area contributed by atoms with Gasteiger partial charge in [0.25, 0.3) is 6.71 Å². The first-order valence-electron chi connectivity index (χ1n) is 26.3. The van der Waals surface area contributed by atoms with Crippen LogP contribution in [-0.2, 0) is 0 Å². The average Bonchev–Trinajstić information content (AvgIpc) is 4.01. The molecule has 15 rings (SSSR count). The first-order chi connectivity index (χ1) is 37.7. The summed E-state index contributed by atoms with van der Waals surface area (Å²) in [4.78, 5) is 5.12. The summed E-state index contributed by atoms with van der Waals surface area (Å²) < 4.78 is 2.47. The molecule has 13 aromatic rings. The van der Waals surface area contributed by atoms with E-state index in [1.54, 1.807) is 0 Å². The first kappa shape index (κ1) is 43.7. The maximum Gasteiger partial charge on any atom is 0.252 e. The van der Waals surface area contributed by atoms with Crippen molar-refractivity contribution in [3.63, 3.8) is 0 Å². The van der Waals surface area contributed by atoms with E-state index in [9.17, 15) is 0 Å². The molecule has 0 radical (unpaired) electrons. The topological polar surface area (TPSA) is 11.4 Å². The molecule has 354 valence electrons. The molecule has 0 spiro atoms. The lowest BCUT2D eigenvalue weighted by molar-refractivity contribution is 1.18. The zero-order valence-corrected chi connectivity index (χ0v) is 41.6. The molecule has 0 bridgehead atoms. The molecule has 0 unspecified atom stereocenters. The molecule has 2 aliphatic heterocycles. The van der Waals surface area contributed by atoms with Gasteiger partial charge < -0.3 is 14.4 Å². The van der Waals surface area contributed by atoms with Gasteiger partial charge in [-0.1, -0.05) is 224 Å². The summed E-state index contributed by atoms with van der Waals surface area (Å²) in [5.41, 5.74) is 26.0. The van der Waals surface area contributed by atoms with E-state index < -0.39 is 0 Å². The monoisotopic (exact) mass is 965 g/mol. The van der Waals surface area contributed by atoms with Gasteiger partial charge in [-0.05, 0) is 133 Å². The minimum atomic E-state index is -0.0788. The fourth-order valence-corrected chi connectivity index (χ4v) is 12.3. The molecule has 1 aromatic heterocycles. The minimum Gasteiger partial charge on any atom is -0.311 e. The third kappa shape index (κ3) is 7.14. The van der Waals surface area contributed by atoms with Gasteiger partial charge in [-0.3, -0.25) is 0 Å². The molecule has 0 saturated heterocycles. The van der Waals surface area contributed by atoms with E-state index in [4.69, 9.17) is 0 Å². The zero-order valence-electron chi connectivity index (χ0n) is 41.6. The number of para-hydroxylation sites is 3. The van der Waals surface area contributed by atoms with E-state index in [2.05, 4.69) is 306 Å². The Balaban J connectivity index is 1.06. The molecule has 4 heteroatoms.